The molecule has 3 heterocycles. The number of carbonyl (C=O) groups is 2. The molecule has 0 aliphatic carbocycles. The zero-order chi connectivity index (χ0) is 18.1. The molecule has 0 bridgehead atoms. The van der Waals surface area contributed by atoms with Crippen LogP contribution in [0.1, 0.15) is 23.0 Å². The number of benzene rings is 1. The topological polar surface area (TPSA) is 58.2 Å². The lowest BCUT2D eigenvalue weighted by atomic mass is 10.1. The summed E-state index contributed by atoms with van der Waals surface area (Å²) in [6.45, 7) is 5.59. The molecular formula is C20H24N3O3+. The number of anilines is 1. The van der Waals surface area contributed by atoms with Crippen molar-refractivity contribution >= 4 is 17.5 Å². The van der Waals surface area contributed by atoms with E-state index in [1.807, 2.05) is 34.9 Å². The molecule has 6 nitrogen and oxygen atoms in total. The molecule has 136 valence electrons. The minimum Gasteiger partial charge on any atom is -0.459 e. The first kappa shape index (κ1) is 16.8. The average molecular weight is 354 g/mol. The summed E-state index contributed by atoms with van der Waals surface area (Å²) >= 11 is 0. The second kappa shape index (κ2) is 6.96. The van der Waals surface area contributed by atoms with E-state index in [4.69, 9.17) is 4.42 Å². The molecule has 0 saturated carbocycles. The van der Waals surface area contributed by atoms with Crippen molar-refractivity contribution < 1.29 is 18.9 Å². The number of rotatable bonds is 3. The van der Waals surface area contributed by atoms with Crippen LogP contribution in [0.15, 0.2) is 47.1 Å². The Labute approximate surface area is 153 Å². The van der Waals surface area contributed by atoms with Gasteiger partial charge in [-0.05, 0) is 37.1 Å². The Kier molecular flexibility index (Phi) is 4.51. The van der Waals surface area contributed by atoms with Gasteiger partial charge in [-0.2, -0.15) is 0 Å². The Bertz CT molecular complexity index is 794. The van der Waals surface area contributed by atoms with Crippen LogP contribution in [-0.2, 0) is 11.2 Å². The van der Waals surface area contributed by atoms with E-state index in [0.717, 1.165) is 31.7 Å². The smallest absolute Gasteiger partial charge is 0.289 e. The summed E-state index contributed by atoms with van der Waals surface area (Å²) in [7, 11) is 0. The molecule has 6 heteroatoms. The standard InChI is InChI=1S/C20H23N3O3/c1-15(19(24)23-9-8-16-5-2-3-6-17(16)23)21-10-12-22(13-11-21)20(25)18-7-4-14-26-18/h2-7,14-15H,8-13H2,1H3/p+1/t15-/m0/s1. The van der Waals surface area contributed by atoms with Crippen molar-refractivity contribution in [2.45, 2.75) is 19.4 Å². The number of carbonyl (C=O) groups excluding carboxylic acids is 2. The molecule has 1 atom stereocenters. The number of para-hydroxylation sites is 1. The Hall–Kier alpha value is -2.60. The predicted molar refractivity (Wildman–Crippen MR) is 97.3 cm³/mol. The molecular weight excluding hydrogens is 330 g/mol. The number of nitrogens with zero attached hydrogens (tertiary/aromatic N) is 2. The van der Waals surface area contributed by atoms with Gasteiger partial charge in [-0.15, -0.1) is 0 Å². The first-order valence-corrected chi connectivity index (χ1v) is 9.22. The molecule has 1 aromatic carbocycles. The van der Waals surface area contributed by atoms with Crippen molar-refractivity contribution in [3.8, 4) is 0 Å². The zero-order valence-corrected chi connectivity index (χ0v) is 15.0. The summed E-state index contributed by atoms with van der Waals surface area (Å²) < 4.78 is 5.20. The van der Waals surface area contributed by atoms with E-state index in [1.165, 1.54) is 16.7 Å². The Morgan fingerprint density at radius 3 is 2.58 bits per heavy atom. The number of piperazine rings is 1. The van der Waals surface area contributed by atoms with Crippen LogP contribution in [0, 0.1) is 0 Å². The number of furan rings is 1. The van der Waals surface area contributed by atoms with Gasteiger partial charge in [-0.25, -0.2) is 0 Å². The third-order valence-corrected chi connectivity index (χ3v) is 5.56. The molecule has 0 spiro atoms. The molecule has 2 amide bonds. The maximum absolute atomic E-state index is 13.0. The zero-order valence-electron chi connectivity index (χ0n) is 15.0. The van der Waals surface area contributed by atoms with Crippen molar-refractivity contribution in [3.63, 3.8) is 0 Å². The second-order valence-electron chi connectivity index (χ2n) is 7.02. The molecule has 26 heavy (non-hydrogen) atoms. The summed E-state index contributed by atoms with van der Waals surface area (Å²) in [5, 5.41) is 0. The minimum absolute atomic E-state index is 0.0681. The summed E-state index contributed by atoms with van der Waals surface area (Å²) in [5.74, 6) is 0.489. The van der Waals surface area contributed by atoms with Gasteiger partial charge in [-0.3, -0.25) is 9.59 Å². The Morgan fingerprint density at radius 2 is 1.85 bits per heavy atom. The van der Waals surface area contributed by atoms with Gasteiger partial charge < -0.3 is 19.1 Å². The second-order valence-corrected chi connectivity index (χ2v) is 7.02. The molecule has 2 aromatic rings. The molecule has 1 N–H and O–H groups in total. The lowest BCUT2D eigenvalue weighted by molar-refractivity contribution is -0.917. The van der Waals surface area contributed by atoms with Crippen LogP contribution < -0.4 is 9.80 Å². The largest absolute Gasteiger partial charge is 0.459 e. The fourth-order valence-corrected chi connectivity index (χ4v) is 3.96. The van der Waals surface area contributed by atoms with Crippen molar-refractivity contribution in [1.82, 2.24) is 4.90 Å². The predicted octanol–water partition coefficient (Wildman–Crippen LogP) is 0.598. The molecule has 0 radical (unpaired) electrons. The molecule has 0 unspecified atom stereocenters. The highest BCUT2D eigenvalue weighted by Gasteiger charge is 2.36. The SMILES string of the molecule is C[C@@H](C(=O)N1CCc2ccccc21)[NH+]1CCN(C(=O)c2ccco2)CC1. The molecule has 1 aromatic heterocycles. The van der Waals surface area contributed by atoms with Crippen molar-refractivity contribution in [1.29, 1.82) is 0 Å². The van der Waals surface area contributed by atoms with Gasteiger partial charge in [0.15, 0.2) is 11.8 Å². The maximum atomic E-state index is 13.0. The molecule has 2 aliphatic rings. The van der Waals surface area contributed by atoms with Gasteiger partial charge in [0.2, 0.25) is 0 Å². The van der Waals surface area contributed by atoms with Crippen molar-refractivity contribution in [2.75, 3.05) is 37.6 Å². The van der Waals surface area contributed by atoms with Gasteiger partial charge in [0, 0.05) is 12.2 Å². The van der Waals surface area contributed by atoms with Gasteiger partial charge in [-0.1, -0.05) is 18.2 Å². The third kappa shape index (κ3) is 3.01. The maximum Gasteiger partial charge on any atom is 0.289 e. The molecule has 4 rings (SSSR count). The van der Waals surface area contributed by atoms with Crippen LogP contribution in [0.5, 0.6) is 0 Å². The minimum atomic E-state index is -0.109. The highest BCUT2D eigenvalue weighted by atomic mass is 16.3. The number of hydrogen-bond donors (Lipinski definition) is 1. The van der Waals surface area contributed by atoms with Crippen LogP contribution in [0.25, 0.3) is 0 Å². The van der Waals surface area contributed by atoms with Crippen molar-refractivity contribution in [3.05, 3.63) is 54.0 Å². The normalized spacial score (nSPS) is 18.7. The van der Waals surface area contributed by atoms with Crippen molar-refractivity contribution in [2.24, 2.45) is 0 Å². The van der Waals surface area contributed by atoms with E-state index in [-0.39, 0.29) is 17.9 Å². The highest BCUT2D eigenvalue weighted by Crippen LogP contribution is 2.27. The summed E-state index contributed by atoms with van der Waals surface area (Å²) in [5.41, 5.74) is 2.30. The monoisotopic (exact) mass is 354 g/mol. The van der Waals surface area contributed by atoms with E-state index in [2.05, 4.69) is 6.07 Å². The summed E-state index contributed by atoms with van der Waals surface area (Å²) in [6, 6.07) is 11.4. The summed E-state index contributed by atoms with van der Waals surface area (Å²) in [4.78, 5) is 30.4. The number of fused-ring (bicyclic) bond motifs is 1. The van der Waals surface area contributed by atoms with E-state index < -0.39 is 0 Å². The average Bonchev–Trinajstić information content (AvgIpc) is 3.36. The van der Waals surface area contributed by atoms with Gasteiger partial charge in [0.25, 0.3) is 11.8 Å². The first-order chi connectivity index (χ1) is 12.6. The van der Waals surface area contributed by atoms with Crippen LogP contribution in [0.4, 0.5) is 5.69 Å². The molecule has 2 aliphatic heterocycles. The van der Waals surface area contributed by atoms with Gasteiger partial charge >= 0.3 is 0 Å². The van der Waals surface area contributed by atoms with Gasteiger partial charge in [0.05, 0.1) is 32.4 Å². The summed E-state index contributed by atoms with van der Waals surface area (Å²) in [6.07, 6.45) is 2.44. The fourth-order valence-electron chi connectivity index (χ4n) is 3.96. The molecule has 1 saturated heterocycles. The Balaban J connectivity index is 1.37. The Morgan fingerprint density at radius 1 is 1.08 bits per heavy atom. The van der Waals surface area contributed by atoms with Crippen LogP contribution in [-0.4, -0.2) is 55.5 Å². The molecule has 1 fully saturated rings. The number of amides is 2. The lowest BCUT2D eigenvalue weighted by Gasteiger charge is -2.35. The third-order valence-electron chi connectivity index (χ3n) is 5.56. The van der Waals surface area contributed by atoms with Crippen LogP contribution in [0.3, 0.4) is 0 Å². The quantitative estimate of drug-likeness (QED) is 0.878. The van der Waals surface area contributed by atoms with E-state index in [0.29, 0.717) is 18.8 Å². The number of nitrogens with one attached hydrogen (secondary N) is 1. The van der Waals surface area contributed by atoms with E-state index in [1.54, 1.807) is 12.1 Å². The van der Waals surface area contributed by atoms with Crippen LogP contribution in [0.2, 0.25) is 0 Å². The lowest BCUT2D eigenvalue weighted by Crippen LogP contribution is -3.19. The highest BCUT2D eigenvalue weighted by molar-refractivity contribution is 5.98. The van der Waals surface area contributed by atoms with Crippen LogP contribution >= 0.6 is 0 Å². The van der Waals surface area contributed by atoms with E-state index in [9.17, 15) is 9.59 Å². The first-order valence-electron chi connectivity index (χ1n) is 9.22. The number of quaternary nitrogens is 1. The van der Waals surface area contributed by atoms with Gasteiger partial charge in [0.1, 0.15) is 0 Å². The number of hydrogen-bond acceptors (Lipinski definition) is 3. The van der Waals surface area contributed by atoms with E-state index >= 15 is 0 Å². The fraction of sp³-hybridized carbons (Fsp3) is 0.400.